The van der Waals surface area contributed by atoms with Gasteiger partial charge in [0.1, 0.15) is 5.82 Å². The van der Waals surface area contributed by atoms with Crippen LogP contribution in [0.4, 0.5) is 27.4 Å². The number of hydrogen-bond acceptors (Lipinski definition) is 9. The minimum atomic E-state index is -3.87. The van der Waals surface area contributed by atoms with Gasteiger partial charge in [0.2, 0.25) is 16.0 Å². The van der Waals surface area contributed by atoms with E-state index in [0.717, 1.165) is 47.9 Å². The van der Waals surface area contributed by atoms with Crippen molar-refractivity contribution in [3.05, 3.63) is 90.6 Å². The van der Waals surface area contributed by atoms with Crippen molar-refractivity contribution in [3.8, 4) is 11.3 Å². The third-order valence-electron chi connectivity index (χ3n) is 6.55. The number of rotatable bonds is 9. The van der Waals surface area contributed by atoms with Crippen LogP contribution in [0.15, 0.2) is 79.3 Å². The van der Waals surface area contributed by atoms with Gasteiger partial charge in [0.05, 0.1) is 23.3 Å². The standard InChI is InChI=1S/C28H31FN8O2S/c1-35-14-16-36(17-15-35)32-19-21-5-8-24(9-6-21)37(40(2,38)39)27-18-23(7-10-25(27)29)33-28-31-13-11-26(34-28)22-4-3-12-30-20-22/h3-13,18,20,32H,14-17,19H2,1-2H3,(H,31,33,34). The predicted molar refractivity (Wildman–Crippen MR) is 154 cm³/mol. The smallest absolute Gasteiger partial charge is 0.236 e. The van der Waals surface area contributed by atoms with Gasteiger partial charge in [-0.15, -0.1) is 0 Å². The molecule has 0 unspecified atom stereocenters. The molecule has 2 aromatic heterocycles. The Labute approximate surface area is 233 Å². The number of pyridine rings is 1. The van der Waals surface area contributed by atoms with E-state index in [1.807, 2.05) is 24.3 Å². The molecule has 5 rings (SSSR count). The van der Waals surface area contributed by atoms with E-state index in [1.54, 1.807) is 36.8 Å². The van der Waals surface area contributed by atoms with Gasteiger partial charge in [-0.25, -0.2) is 32.1 Å². The van der Waals surface area contributed by atoms with Crippen LogP contribution < -0.4 is 15.0 Å². The van der Waals surface area contributed by atoms with Crippen molar-refractivity contribution in [1.29, 1.82) is 0 Å². The zero-order valence-corrected chi connectivity index (χ0v) is 23.1. The number of benzene rings is 2. The molecule has 1 aliphatic rings. The molecule has 40 heavy (non-hydrogen) atoms. The minimum absolute atomic E-state index is 0.112. The van der Waals surface area contributed by atoms with Crippen molar-refractivity contribution < 1.29 is 12.8 Å². The van der Waals surface area contributed by atoms with E-state index in [2.05, 4.69) is 42.7 Å². The highest BCUT2D eigenvalue weighted by Gasteiger charge is 2.24. The second-order valence-electron chi connectivity index (χ2n) is 9.62. The Morgan fingerprint density at radius 2 is 1.77 bits per heavy atom. The maximum atomic E-state index is 15.1. The van der Waals surface area contributed by atoms with Crippen LogP contribution >= 0.6 is 0 Å². The van der Waals surface area contributed by atoms with Crippen LogP contribution in [0.1, 0.15) is 5.56 Å². The van der Waals surface area contributed by atoms with Crippen molar-refractivity contribution in [2.75, 3.05) is 49.1 Å². The van der Waals surface area contributed by atoms with E-state index >= 15 is 4.39 Å². The molecule has 10 nitrogen and oxygen atoms in total. The summed E-state index contributed by atoms with van der Waals surface area (Å²) in [6, 6.07) is 16.7. The minimum Gasteiger partial charge on any atom is -0.324 e. The fourth-order valence-corrected chi connectivity index (χ4v) is 5.40. The molecule has 0 aliphatic carbocycles. The molecule has 1 aliphatic heterocycles. The van der Waals surface area contributed by atoms with E-state index in [-0.39, 0.29) is 11.6 Å². The normalized spacial score (nSPS) is 14.7. The first-order valence-corrected chi connectivity index (χ1v) is 14.7. The highest BCUT2D eigenvalue weighted by atomic mass is 32.2. The highest BCUT2D eigenvalue weighted by Crippen LogP contribution is 2.33. The molecule has 4 aromatic rings. The highest BCUT2D eigenvalue weighted by molar-refractivity contribution is 7.92. The summed E-state index contributed by atoms with van der Waals surface area (Å²) in [7, 11) is -1.77. The number of piperazine rings is 1. The molecule has 0 saturated carbocycles. The fourth-order valence-electron chi connectivity index (χ4n) is 4.40. The van der Waals surface area contributed by atoms with Crippen LogP contribution in [0.5, 0.6) is 0 Å². The van der Waals surface area contributed by atoms with Gasteiger partial charge in [-0.1, -0.05) is 12.1 Å². The van der Waals surface area contributed by atoms with Gasteiger partial charge in [0, 0.05) is 62.6 Å². The lowest BCUT2D eigenvalue weighted by Crippen LogP contribution is -2.50. The lowest BCUT2D eigenvalue weighted by Gasteiger charge is -2.32. The lowest BCUT2D eigenvalue weighted by atomic mass is 10.2. The number of aromatic nitrogens is 3. The topological polar surface area (TPSA) is 107 Å². The maximum absolute atomic E-state index is 15.1. The van der Waals surface area contributed by atoms with E-state index in [1.165, 1.54) is 18.2 Å². The quantitative estimate of drug-likeness (QED) is 0.315. The lowest BCUT2D eigenvalue weighted by molar-refractivity contribution is 0.102. The largest absolute Gasteiger partial charge is 0.324 e. The Hall–Kier alpha value is -3.97. The first kappa shape index (κ1) is 27.6. The average Bonchev–Trinajstić information content (AvgIpc) is 2.95. The van der Waals surface area contributed by atoms with E-state index in [0.29, 0.717) is 23.6 Å². The number of likely N-dealkylation sites (N-methyl/N-ethyl adjacent to an activating group) is 1. The van der Waals surface area contributed by atoms with Gasteiger partial charge in [-0.05, 0) is 61.1 Å². The van der Waals surface area contributed by atoms with E-state index in [4.69, 9.17) is 0 Å². The summed E-state index contributed by atoms with van der Waals surface area (Å²) in [5.41, 5.74) is 6.53. The molecule has 12 heteroatoms. The number of hydrazine groups is 1. The van der Waals surface area contributed by atoms with Gasteiger partial charge in [-0.3, -0.25) is 10.4 Å². The number of nitrogens with zero attached hydrogens (tertiary/aromatic N) is 6. The number of anilines is 4. The third kappa shape index (κ3) is 6.77. The maximum Gasteiger partial charge on any atom is 0.236 e. The zero-order chi connectivity index (χ0) is 28.1. The Morgan fingerprint density at radius 3 is 2.48 bits per heavy atom. The molecular weight excluding hydrogens is 531 g/mol. The average molecular weight is 563 g/mol. The Morgan fingerprint density at radius 1 is 1.00 bits per heavy atom. The number of nitrogens with one attached hydrogen (secondary N) is 2. The van der Waals surface area contributed by atoms with Gasteiger partial charge in [0.15, 0.2) is 0 Å². The first-order chi connectivity index (χ1) is 19.3. The summed E-state index contributed by atoms with van der Waals surface area (Å²) in [5, 5.41) is 5.23. The van der Waals surface area contributed by atoms with Crippen LogP contribution in [0, 0.1) is 5.82 Å². The Bertz CT molecular complexity index is 1550. The molecule has 0 atom stereocenters. The predicted octanol–water partition coefficient (Wildman–Crippen LogP) is 3.77. The van der Waals surface area contributed by atoms with Crippen molar-refractivity contribution in [2.24, 2.45) is 0 Å². The Balaban J connectivity index is 1.35. The van der Waals surface area contributed by atoms with Crippen molar-refractivity contribution in [3.63, 3.8) is 0 Å². The van der Waals surface area contributed by atoms with Crippen molar-refractivity contribution in [1.82, 2.24) is 30.3 Å². The summed E-state index contributed by atoms with van der Waals surface area (Å²) >= 11 is 0. The monoisotopic (exact) mass is 562 g/mol. The number of halogens is 1. The van der Waals surface area contributed by atoms with Gasteiger partial charge in [-0.2, -0.15) is 0 Å². The van der Waals surface area contributed by atoms with Crippen molar-refractivity contribution >= 4 is 33.0 Å². The molecular formula is C28H31FN8O2S. The molecule has 0 spiro atoms. The number of hydrogen-bond donors (Lipinski definition) is 2. The molecule has 1 fully saturated rings. The van der Waals surface area contributed by atoms with Crippen LogP contribution in [-0.2, 0) is 16.6 Å². The van der Waals surface area contributed by atoms with E-state index < -0.39 is 15.8 Å². The second-order valence-corrected chi connectivity index (χ2v) is 11.4. The van der Waals surface area contributed by atoms with Gasteiger partial charge >= 0.3 is 0 Å². The molecule has 0 bridgehead atoms. The van der Waals surface area contributed by atoms with Crippen LogP contribution in [-0.4, -0.2) is 72.8 Å². The van der Waals surface area contributed by atoms with Crippen LogP contribution in [0.2, 0.25) is 0 Å². The number of sulfonamides is 1. The van der Waals surface area contributed by atoms with Crippen LogP contribution in [0.25, 0.3) is 11.3 Å². The van der Waals surface area contributed by atoms with Gasteiger partial charge < -0.3 is 10.2 Å². The second kappa shape index (κ2) is 12.0. The SMILES string of the molecule is CN1CCN(NCc2ccc(N(c3cc(Nc4nccc(-c5cccnc5)n4)ccc3F)S(C)(=O)=O)cc2)CC1. The van der Waals surface area contributed by atoms with Crippen LogP contribution in [0.3, 0.4) is 0 Å². The summed E-state index contributed by atoms with van der Waals surface area (Å²) in [4.78, 5) is 15.2. The van der Waals surface area contributed by atoms with Gasteiger partial charge in [0.25, 0.3) is 0 Å². The molecule has 0 radical (unpaired) electrons. The van der Waals surface area contributed by atoms with E-state index in [9.17, 15) is 8.42 Å². The summed E-state index contributed by atoms with van der Waals surface area (Å²) in [6.07, 6.45) is 6.03. The summed E-state index contributed by atoms with van der Waals surface area (Å²) in [5.74, 6) is -0.399. The molecule has 1 saturated heterocycles. The third-order valence-corrected chi connectivity index (χ3v) is 7.62. The zero-order valence-electron chi connectivity index (χ0n) is 22.3. The molecule has 3 heterocycles. The Kier molecular flexibility index (Phi) is 8.31. The molecule has 0 amide bonds. The van der Waals surface area contributed by atoms with Crippen molar-refractivity contribution in [2.45, 2.75) is 6.54 Å². The molecule has 2 aromatic carbocycles. The molecule has 208 valence electrons. The summed E-state index contributed by atoms with van der Waals surface area (Å²) < 4.78 is 41.9. The molecule has 2 N–H and O–H groups in total. The fraction of sp³-hybridized carbons (Fsp3) is 0.250. The first-order valence-electron chi connectivity index (χ1n) is 12.8. The summed E-state index contributed by atoms with van der Waals surface area (Å²) in [6.45, 7) is 4.46.